The zero-order valence-corrected chi connectivity index (χ0v) is 12.6. The molecule has 0 aliphatic heterocycles. The molecule has 0 amide bonds. The quantitative estimate of drug-likeness (QED) is 0.843. The molecule has 1 aliphatic carbocycles. The van der Waals surface area contributed by atoms with Gasteiger partial charge in [0.1, 0.15) is 5.60 Å². The van der Waals surface area contributed by atoms with Crippen molar-refractivity contribution in [3.8, 4) is 0 Å². The largest absolute Gasteiger partial charge is 0.368 e. The third kappa shape index (κ3) is 2.18. The minimum atomic E-state index is -0.654. The Balaban J connectivity index is 2.24. The summed E-state index contributed by atoms with van der Waals surface area (Å²) in [6.07, 6.45) is 5.88. The van der Waals surface area contributed by atoms with Crippen molar-refractivity contribution in [3.63, 3.8) is 0 Å². The number of benzene rings is 1. The molecule has 0 bridgehead atoms. The maximum atomic E-state index is 12.1. The third-order valence-corrected chi connectivity index (χ3v) is 4.31. The lowest BCUT2D eigenvalue weighted by molar-refractivity contribution is -0.127. The van der Waals surface area contributed by atoms with Crippen LogP contribution in [0.25, 0.3) is 10.8 Å². The zero-order chi connectivity index (χ0) is 15.1. The van der Waals surface area contributed by atoms with Crippen molar-refractivity contribution in [1.82, 2.24) is 4.98 Å². The maximum Gasteiger partial charge on any atom is 0.161 e. The molecule has 3 heteroatoms. The third-order valence-electron chi connectivity index (χ3n) is 4.31. The predicted molar refractivity (Wildman–Crippen MR) is 83.0 cm³/mol. The van der Waals surface area contributed by atoms with Crippen molar-refractivity contribution in [1.29, 1.82) is 0 Å². The Hall–Kier alpha value is -2.00. The Morgan fingerprint density at radius 1 is 1.19 bits per heavy atom. The van der Waals surface area contributed by atoms with Crippen molar-refractivity contribution >= 4 is 16.6 Å². The highest BCUT2D eigenvalue weighted by atomic mass is 16.5. The van der Waals surface area contributed by atoms with Gasteiger partial charge in [-0.2, -0.15) is 0 Å². The van der Waals surface area contributed by atoms with Gasteiger partial charge >= 0.3 is 0 Å². The Bertz CT molecular complexity index is 728. The summed E-state index contributed by atoms with van der Waals surface area (Å²) in [5.41, 5.74) is -0.235. The molecular formula is C18H19NO2. The molecule has 0 spiro atoms. The van der Waals surface area contributed by atoms with E-state index in [1.165, 1.54) is 0 Å². The van der Waals surface area contributed by atoms with Crippen LogP contribution < -0.4 is 0 Å². The van der Waals surface area contributed by atoms with Gasteiger partial charge in [-0.25, -0.2) is 0 Å². The van der Waals surface area contributed by atoms with E-state index in [4.69, 9.17) is 4.74 Å². The van der Waals surface area contributed by atoms with Crippen LogP contribution in [0.2, 0.25) is 0 Å². The first-order valence-electron chi connectivity index (χ1n) is 7.12. The number of rotatable bonds is 2. The van der Waals surface area contributed by atoms with Crippen molar-refractivity contribution in [2.45, 2.75) is 25.9 Å². The summed E-state index contributed by atoms with van der Waals surface area (Å²) < 4.78 is 5.86. The number of allylic oxidation sites excluding steroid dienone is 1. The molecule has 2 aromatic rings. The fourth-order valence-corrected chi connectivity index (χ4v) is 3.09. The normalized spacial score (nSPS) is 24.4. The van der Waals surface area contributed by atoms with E-state index in [0.29, 0.717) is 6.42 Å². The van der Waals surface area contributed by atoms with Crippen LogP contribution >= 0.6 is 0 Å². The molecule has 0 N–H and O–H groups in total. The number of carbonyl (C=O) groups excluding carboxylic acids is 1. The number of fused-ring (bicyclic) bond motifs is 1. The number of ketones is 1. The molecule has 1 aromatic carbocycles. The second kappa shape index (κ2) is 4.78. The van der Waals surface area contributed by atoms with Crippen LogP contribution in [0.3, 0.4) is 0 Å². The van der Waals surface area contributed by atoms with Gasteiger partial charge < -0.3 is 4.74 Å². The van der Waals surface area contributed by atoms with E-state index in [-0.39, 0.29) is 5.78 Å². The Morgan fingerprint density at radius 3 is 2.67 bits per heavy atom. The maximum absolute atomic E-state index is 12.1. The molecular weight excluding hydrogens is 262 g/mol. The van der Waals surface area contributed by atoms with Gasteiger partial charge in [-0.3, -0.25) is 9.78 Å². The molecule has 1 heterocycles. The van der Waals surface area contributed by atoms with Gasteiger partial charge in [-0.1, -0.05) is 38.1 Å². The van der Waals surface area contributed by atoms with Crippen LogP contribution in [0.4, 0.5) is 0 Å². The topological polar surface area (TPSA) is 39.2 Å². The standard InChI is InChI=1S/C18H19NO2/c1-17(2)12-18(21-3,10-8-15(17)20)16-14-7-5-4-6-13(14)9-11-19-16/h4-11H,12H2,1-3H3. The highest BCUT2D eigenvalue weighted by Crippen LogP contribution is 2.44. The Morgan fingerprint density at radius 2 is 1.95 bits per heavy atom. The number of methoxy groups -OCH3 is 1. The average molecular weight is 281 g/mol. The van der Waals surface area contributed by atoms with Gasteiger partial charge in [0, 0.05) is 24.1 Å². The summed E-state index contributed by atoms with van der Waals surface area (Å²) in [4.78, 5) is 16.6. The Kier molecular flexibility index (Phi) is 3.18. The molecule has 1 atom stereocenters. The van der Waals surface area contributed by atoms with Crippen LogP contribution in [0, 0.1) is 5.41 Å². The number of pyridine rings is 1. The molecule has 21 heavy (non-hydrogen) atoms. The van der Waals surface area contributed by atoms with E-state index in [2.05, 4.69) is 17.1 Å². The van der Waals surface area contributed by atoms with E-state index in [9.17, 15) is 4.79 Å². The van der Waals surface area contributed by atoms with Crippen molar-refractivity contribution in [2.24, 2.45) is 5.41 Å². The summed E-state index contributed by atoms with van der Waals surface area (Å²) in [5.74, 6) is 0.135. The molecule has 1 aromatic heterocycles. The van der Waals surface area contributed by atoms with Crippen LogP contribution in [0.15, 0.2) is 48.7 Å². The number of aromatic nitrogens is 1. The molecule has 3 rings (SSSR count). The lowest BCUT2D eigenvalue weighted by atomic mass is 9.71. The molecule has 0 fully saturated rings. The second-order valence-electron chi connectivity index (χ2n) is 6.23. The second-order valence-corrected chi connectivity index (χ2v) is 6.23. The number of ether oxygens (including phenoxy) is 1. The first-order valence-corrected chi connectivity index (χ1v) is 7.12. The van der Waals surface area contributed by atoms with Gasteiger partial charge in [-0.15, -0.1) is 0 Å². The molecule has 1 aliphatic rings. The molecule has 3 nitrogen and oxygen atoms in total. The van der Waals surface area contributed by atoms with E-state index >= 15 is 0 Å². The van der Waals surface area contributed by atoms with Crippen LogP contribution in [-0.2, 0) is 15.1 Å². The summed E-state index contributed by atoms with van der Waals surface area (Å²) in [5, 5.41) is 2.19. The van der Waals surface area contributed by atoms with Crippen molar-refractivity contribution in [3.05, 3.63) is 54.4 Å². The van der Waals surface area contributed by atoms with E-state index in [1.54, 1.807) is 19.4 Å². The summed E-state index contributed by atoms with van der Waals surface area (Å²) >= 11 is 0. The highest BCUT2D eigenvalue weighted by molar-refractivity contribution is 5.96. The van der Waals surface area contributed by atoms with E-state index in [1.807, 2.05) is 38.1 Å². The van der Waals surface area contributed by atoms with Crippen LogP contribution in [-0.4, -0.2) is 17.9 Å². The summed E-state index contributed by atoms with van der Waals surface area (Å²) in [6.45, 7) is 3.91. The fourth-order valence-electron chi connectivity index (χ4n) is 3.09. The summed E-state index contributed by atoms with van der Waals surface area (Å²) in [6, 6.07) is 10.1. The van der Waals surface area contributed by atoms with Crippen molar-refractivity contribution < 1.29 is 9.53 Å². The molecule has 0 saturated heterocycles. The molecule has 1 unspecified atom stereocenters. The van der Waals surface area contributed by atoms with Gasteiger partial charge in [0.15, 0.2) is 5.78 Å². The lowest BCUT2D eigenvalue weighted by Gasteiger charge is -2.39. The van der Waals surface area contributed by atoms with Crippen LogP contribution in [0.1, 0.15) is 26.0 Å². The first kappa shape index (κ1) is 14.0. The van der Waals surface area contributed by atoms with E-state index in [0.717, 1.165) is 16.5 Å². The minimum Gasteiger partial charge on any atom is -0.368 e. The fraction of sp³-hybridized carbons (Fsp3) is 0.333. The van der Waals surface area contributed by atoms with Crippen molar-refractivity contribution in [2.75, 3.05) is 7.11 Å². The SMILES string of the molecule is COC1(c2nccc3ccccc23)C=CC(=O)C(C)(C)C1. The van der Waals surface area contributed by atoms with Gasteiger partial charge in [0.2, 0.25) is 0 Å². The van der Waals surface area contributed by atoms with E-state index < -0.39 is 11.0 Å². The predicted octanol–water partition coefficient (Wildman–Crippen LogP) is 3.63. The zero-order valence-electron chi connectivity index (χ0n) is 12.6. The van der Waals surface area contributed by atoms with Crippen LogP contribution in [0.5, 0.6) is 0 Å². The highest BCUT2D eigenvalue weighted by Gasteiger charge is 2.44. The van der Waals surface area contributed by atoms with Gasteiger partial charge in [0.05, 0.1) is 5.69 Å². The van der Waals surface area contributed by atoms with Gasteiger partial charge in [0.25, 0.3) is 0 Å². The molecule has 0 saturated carbocycles. The van der Waals surface area contributed by atoms with Gasteiger partial charge in [-0.05, 0) is 30.0 Å². The Labute approximate surface area is 124 Å². The molecule has 108 valence electrons. The number of nitrogens with zero attached hydrogens (tertiary/aromatic N) is 1. The first-order chi connectivity index (χ1) is 9.98. The smallest absolute Gasteiger partial charge is 0.161 e. The monoisotopic (exact) mass is 281 g/mol. The minimum absolute atomic E-state index is 0.135. The molecule has 0 radical (unpaired) electrons. The lowest BCUT2D eigenvalue weighted by Crippen LogP contribution is -2.40. The number of hydrogen-bond acceptors (Lipinski definition) is 3. The summed E-state index contributed by atoms with van der Waals surface area (Å²) in [7, 11) is 1.68. The number of carbonyl (C=O) groups is 1. The average Bonchev–Trinajstić information content (AvgIpc) is 2.49. The number of hydrogen-bond donors (Lipinski definition) is 0.